The van der Waals surface area contributed by atoms with Crippen molar-refractivity contribution in [1.82, 2.24) is 15.1 Å². The molecule has 0 amide bonds. The Balaban J connectivity index is 1.68. The normalized spacial score (nSPS) is 32.7. The molecule has 2 heterocycles. The number of fused-ring (bicyclic) bond motifs is 1. The molecule has 1 unspecified atom stereocenters. The number of aryl methyl sites for hydroxylation is 1. The molecule has 0 radical (unpaired) electrons. The van der Waals surface area contributed by atoms with Gasteiger partial charge in [0.1, 0.15) is 10.0 Å². The molecule has 1 saturated heterocycles. The zero-order valence-corrected chi connectivity index (χ0v) is 11.4. The zero-order chi connectivity index (χ0) is 12.5. The molecule has 0 aromatic carbocycles. The van der Waals surface area contributed by atoms with Gasteiger partial charge in [-0.15, -0.1) is 21.5 Å². The summed E-state index contributed by atoms with van der Waals surface area (Å²) in [6.45, 7) is 4.88. The predicted molar refractivity (Wildman–Crippen MR) is 68.4 cm³/mol. The fourth-order valence-electron chi connectivity index (χ4n) is 3.05. The first kappa shape index (κ1) is 12.5. The van der Waals surface area contributed by atoms with Crippen LogP contribution in [0.25, 0.3) is 0 Å². The molecular weight excluding hydrogens is 250 g/mol. The molecule has 5 nitrogen and oxygen atoms in total. The summed E-state index contributed by atoms with van der Waals surface area (Å²) in [7, 11) is 0. The van der Waals surface area contributed by atoms with Gasteiger partial charge in [0.25, 0.3) is 0 Å². The van der Waals surface area contributed by atoms with Gasteiger partial charge < -0.3 is 9.84 Å². The molecule has 0 bridgehead atoms. The van der Waals surface area contributed by atoms with Crippen LogP contribution in [-0.2, 0) is 11.3 Å². The number of aliphatic hydroxyl groups excluding tert-OH is 1. The van der Waals surface area contributed by atoms with E-state index in [0.29, 0.717) is 18.1 Å². The summed E-state index contributed by atoms with van der Waals surface area (Å²) < 4.78 is 5.82. The Morgan fingerprint density at radius 2 is 2.33 bits per heavy atom. The average molecular weight is 269 g/mol. The Hall–Kier alpha value is -0.560. The lowest BCUT2D eigenvalue weighted by atomic mass is 10.1. The number of ether oxygens (including phenoxy) is 1. The first-order valence-corrected chi connectivity index (χ1v) is 7.33. The minimum absolute atomic E-state index is 0.280. The van der Waals surface area contributed by atoms with E-state index in [0.717, 1.165) is 42.6 Å². The molecule has 1 aromatic rings. The highest BCUT2D eigenvalue weighted by Gasteiger charge is 2.40. The van der Waals surface area contributed by atoms with Crippen LogP contribution in [0.3, 0.4) is 0 Å². The second-order valence-electron chi connectivity index (χ2n) is 5.18. The van der Waals surface area contributed by atoms with Gasteiger partial charge in [0.05, 0.1) is 19.3 Å². The molecule has 2 aliphatic rings. The average Bonchev–Trinajstić information content (AvgIpc) is 2.96. The van der Waals surface area contributed by atoms with Crippen LogP contribution < -0.4 is 0 Å². The molecule has 100 valence electrons. The quantitative estimate of drug-likeness (QED) is 0.880. The van der Waals surface area contributed by atoms with Crippen molar-refractivity contribution in [3.63, 3.8) is 0 Å². The van der Waals surface area contributed by atoms with Gasteiger partial charge >= 0.3 is 0 Å². The summed E-state index contributed by atoms with van der Waals surface area (Å²) in [5, 5.41) is 19.7. The lowest BCUT2D eigenvalue weighted by molar-refractivity contribution is -0.0591. The highest BCUT2D eigenvalue weighted by Crippen LogP contribution is 2.34. The van der Waals surface area contributed by atoms with Gasteiger partial charge in [-0.2, -0.15) is 0 Å². The lowest BCUT2D eigenvalue weighted by Crippen LogP contribution is -2.47. The van der Waals surface area contributed by atoms with E-state index in [9.17, 15) is 5.11 Å². The molecule has 3 atom stereocenters. The zero-order valence-electron chi connectivity index (χ0n) is 10.6. The monoisotopic (exact) mass is 269 g/mol. The molecule has 1 aliphatic heterocycles. The standard InChI is InChI=1S/C12H19N3O2S/c1-8-13-14-12(18-8)6-15-2-3-17-11-5-9(7-16)4-10(11)15/h9-11,16H,2-7H2,1H3/t9-,10+,11?/m1/s1. The van der Waals surface area contributed by atoms with Crippen LogP contribution in [-0.4, -0.2) is 52.1 Å². The number of hydrogen-bond donors (Lipinski definition) is 1. The molecule has 0 spiro atoms. The highest BCUT2D eigenvalue weighted by atomic mass is 32.1. The van der Waals surface area contributed by atoms with Gasteiger partial charge in [0.15, 0.2) is 0 Å². The maximum atomic E-state index is 9.30. The van der Waals surface area contributed by atoms with Crippen molar-refractivity contribution >= 4 is 11.3 Å². The number of nitrogens with zero attached hydrogens (tertiary/aromatic N) is 3. The van der Waals surface area contributed by atoms with Gasteiger partial charge in [-0.3, -0.25) is 4.90 Å². The van der Waals surface area contributed by atoms with Crippen molar-refractivity contribution in [2.24, 2.45) is 5.92 Å². The van der Waals surface area contributed by atoms with Crippen molar-refractivity contribution in [1.29, 1.82) is 0 Å². The SMILES string of the molecule is Cc1nnc(CN2CCOC3C[C@H](CO)C[C@@H]32)s1. The van der Waals surface area contributed by atoms with Gasteiger partial charge in [-0.1, -0.05) is 0 Å². The van der Waals surface area contributed by atoms with E-state index in [1.165, 1.54) is 0 Å². The van der Waals surface area contributed by atoms with E-state index in [-0.39, 0.29) is 6.61 Å². The summed E-state index contributed by atoms with van der Waals surface area (Å²) in [6.07, 6.45) is 2.33. The van der Waals surface area contributed by atoms with Gasteiger partial charge in [-0.05, 0) is 25.7 Å². The van der Waals surface area contributed by atoms with Crippen LogP contribution in [0.5, 0.6) is 0 Å². The third-order valence-corrected chi connectivity index (χ3v) is 4.74. The molecular formula is C12H19N3O2S. The third-order valence-electron chi connectivity index (χ3n) is 3.91. The topological polar surface area (TPSA) is 58.5 Å². The molecule has 2 fully saturated rings. The van der Waals surface area contributed by atoms with Crippen molar-refractivity contribution in [2.45, 2.75) is 38.5 Å². The predicted octanol–water partition coefficient (Wildman–Crippen LogP) is 0.818. The smallest absolute Gasteiger partial charge is 0.131 e. The van der Waals surface area contributed by atoms with E-state index < -0.39 is 0 Å². The number of aromatic nitrogens is 2. The molecule has 1 N–H and O–H groups in total. The maximum absolute atomic E-state index is 9.30. The lowest BCUT2D eigenvalue weighted by Gasteiger charge is -2.36. The summed E-state index contributed by atoms with van der Waals surface area (Å²) in [4.78, 5) is 2.45. The Labute approximate surface area is 111 Å². The molecule has 6 heteroatoms. The van der Waals surface area contributed by atoms with E-state index in [1.54, 1.807) is 11.3 Å². The van der Waals surface area contributed by atoms with Crippen molar-refractivity contribution < 1.29 is 9.84 Å². The minimum Gasteiger partial charge on any atom is -0.396 e. The first-order chi connectivity index (χ1) is 8.76. The van der Waals surface area contributed by atoms with Crippen LogP contribution in [0.1, 0.15) is 22.9 Å². The van der Waals surface area contributed by atoms with Crippen molar-refractivity contribution in [3.8, 4) is 0 Å². The van der Waals surface area contributed by atoms with Gasteiger partial charge in [0, 0.05) is 19.2 Å². The van der Waals surface area contributed by atoms with Crippen LogP contribution in [0.2, 0.25) is 0 Å². The van der Waals surface area contributed by atoms with Crippen LogP contribution in [0.15, 0.2) is 0 Å². The van der Waals surface area contributed by atoms with Crippen LogP contribution >= 0.6 is 11.3 Å². The van der Waals surface area contributed by atoms with Crippen molar-refractivity contribution in [2.75, 3.05) is 19.8 Å². The van der Waals surface area contributed by atoms with Gasteiger partial charge in [0.2, 0.25) is 0 Å². The number of morpholine rings is 1. The largest absolute Gasteiger partial charge is 0.396 e. The third kappa shape index (κ3) is 2.42. The molecule has 3 rings (SSSR count). The first-order valence-electron chi connectivity index (χ1n) is 6.51. The Morgan fingerprint density at radius 3 is 3.06 bits per heavy atom. The van der Waals surface area contributed by atoms with E-state index in [4.69, 9.17) is 4.74 Å². The highest BCUT2D eigenvalue weighted by molar-refractivity contribution is 7.11. The van der Waals surface area contributed by atoms with E-state index in [2.05, 4.69) is 15.1 Å². The van der Waals surface area contributed by atoms with Gasteiger partial charge in [-0.25, -0.2) is 0 Å². The summed E-state index contributed by atoms with van der Waals surface area (Å²) in [6, 6.07) is 0.445. The second kappa shape index (κ2) is 5.21. The van der Waals surface area contributed by atoms with Crippen molar-refractivity contribution in [3.05, 3.63) is 10.0 Å². The number of aliphatic hydroxyl groups is 1. The minimum atomic E-state index is 0.280. The fourth-order valence-corrected chi connectivity index (χ4v) is 3.78. The molecule has 1 aliphatic carbocycles. The van der Waals surface area contributed by atoms with Crippen LogP contribution in [0.4, 0.5) is 0 Å². The second-order valence-corrected chi connectivity index (χ2v) is 6.45. The van der Waals surface area contributed by atoms with E-state index >= 15 is 0 Å². The molecule has 18 heavy (non-hydrogen) atoms. The van der Waals surface area contributed by atoms with E-state index in [1.807, 2.05) is 6.92 Å². The molecule has 1 aromatic heterocycles. The fraction of sp³-hybridized carbons (Fsp3) is 0.833. The summed E-state index contributed by atoms with van der Waals surface area (Å²) in [5.41, 5.74) is 0. The number of rotatable bonds is 3. The van der Waals surface area contributed by atoms with Crippen LogP contribution in [0, 0.1) is 12.8 Å². The summed E-state index contributed by atoms with van der Waals surface area (Å²) in [5.74, 6) is 0.400. The number of hydrogen-bond acceptors (Lipinski definition) is 6. The molecule has 1 saturated carbocycles. The Morgan fingerprint density at radius 1 is 1.44 bits per heavy atom. The summed E-state index contributed by atoms with van der Waals surface area (Å²) >= 11 is 1.67. The Kier molecular flexibility index (Phi) is 3.61. The maximum Gasteiger partial charge on any atom is 0.131 e. The Bertz CT molecular complexity index is 412.